The monoisotopic (exact) mass is 417 g/mol. The van der Waals surface area contributed by atoms with E-state index in [0.29, 0.717) is 10.7 Å². The molecule has 0 radical (unpaired) electrons. The molecule has 0 bridgehead atoms. The summed E-state index contributed by atoms with van der Waals surface area (Å²) in [7, 11) is -3.98. The average molecular weight is 418 g/mol. The van der Waals surface area contributed by atoms with Crippen LogP contribution >= 0.6 is 11.8 Å². The maximum Gasteiger partial charge on any atom is 0.339 e. The van der Waals surface area contributed by atoms with E-state index >= 15 is 0 Å². The normalized spacial score (nSPS) is 18.6. The third kappa shape index (κ3) is 4.79. The zero-order valence-corrected chi connectivity index (χ0v) is 17.2. The molecule has 1 atom stereocenters. The average Bonchev–Trinajstić information content (AvgIpc) is 2.95. The van der Waals surface area contributed by atoms with Crippen molar-refractivity contribution in [1.29, 1.82) is 0 Å². The van der Waals surface area contributed by atoms with Gasteiger partial charge in [-0.2, -0.15) is 13.5 Å². The molecule has 2 aromatic carbocycles. The van der Waals surface area contributed by atoms with Gasteiger partial charge in [0.15, 0.2) is 10.9 Å². The highest BCUT2D eigenvalue weighted by atomic mass is 32.2. The van der Waals surface area contributed by atoms with Gasteiger partial charge in [0.25, 0.3) is 0 Å². The van der Waals surface area contributed by atoms with Gasteiger partial charge in [-0.25, -0.2) is 0 Å². The second-order valence-electron chi connectivity index (χ2n) is 6.29. The van der Waals surface area contributed by atoms with Crippen LogP contribution in [0.15, 0.2) is 57.6 Å². The first-order chi connectivity index (χ1) is 13.2. The molecule has 9 heteroatoms. The quantitative estimate of drug-likeness (QED) is 0.458. The molecule has 2 aromatic rings. The summed E-state index contributed by atoms with van der Waals surface area (Å²) >= 11 is 1.27. The first-order valence-corrected chi connectivity index (χ1v) is 10.7. The van der Waals surface area contributed by atoms with E-state index in [-0.39, 0.29) is 21.8 Å². The number of thioether (sulfide) groups is 1. The second-order valence-corrected chi connectivity index (χ2v) is 9.17. The lowest BCUT2D eigenvalue weighted by molar-refractivity contribution is -0.118. The molecule has 1 heterocycles. The van der Waals surface area contributed by atoms with E-state index in [0.717, 1.165) is 11.1 Å². The number of nitrogens with one attached hydrogen (secondary N) is 1. The lowest BCUT2D eigenvalue weighted by Gasteiger charge is -2.10. The van der Waals surface area contributed by atoms with Gasteiger partial charge in [0, 0.05) is 5.56 Å². The Hall–Kier alpha value is -2.65. The summed E-state index contributed by atoms with van der Waals surface area (Å²) in [5.74, 6) is 0.0225. The summed E-state index contributed by atoms with van der Waals surface area (Å²) in [6.45, 7) is 5.52. The molecule has 1 aliphatic heterocycles. The van der Waals surface area contributed by atoms with Gasteiger partial charge in [-0.05, 0) is 45.0 Å². The van der Waals surface area contributed by atoms with E-state index in [2.05, 4.69) is 15.5 Å². The molecule has 7 nitrogen and oxygen atoms in total. The van der Waals surface area contributed by atoms with E-state index < -0.39 is 10.1 Å². The fourth-order valence-electron chi connectivity index (χ4n) is 2.37. The minimum absolute atomic E-state index is 0.0702. The SMILES string of the molecule is Cc1ccc(S(=O)(=O)Oc2ccc(C)cc2/C=N/N=C2/NC(=O)C(C)S2)cc1. The van der Waals surface area contributed by atoms with Crippen LogP contribution in [0.4, 0.5) is 0 Å². The molecule has 1 fully saturated rings. The largest absolute Gasteiger partial charge is 0.378 e. The molecule has 1 amide bonds. The van der Waals surface area contributed by atoms with Crippen LogP contribution in [0.3, 0.4) is 0 Å². The Morgan fingerprint density at radius 1 is 1.11 bits per heavy atom. The summed E-state index contributed by atoms with van der Waals surface area (Å²) in [5.41, 5.74) is 2.32. The standard InChI is InChI=1S/C19H19N3O4S2/c1-12-4-7-16(8-5-12)28(24,25)26-17-9-6-13(2)10-15(17)11-20-22-19-21-18(23)14(3)27-19/h4-11,14H,1-3H3,(H,21,22,23)/b20-11+. The van der Waals surface area contributed by atoms with Gasteiger partial charge >= 0.3 is 10.1 Å². The zero-order chi connectivity index (χ0) is 20.3. The molecule has 0 spiro atoms. The van der Waals surface area contributed by atoms with Gasteiger partial charge in [-0.1, -0.05) is 41.1 Å². The van der Waals surface area contributed by atoms with Gasteiger partial charge in [-0.3, -0.25) is 4.79 Å². The number of carbonyl (C=O) groups excluding carboxylic acids is 1. The molecule has 0 aromatic heterocycles. The minimum Gasteiger partial charge on any atom is -0.378 e. The third-order valence-electron chi connectivity index (χ3n) is 3.91. The van der Waals surface area contributed by atoms with Gasteiger partial charge in [0.1, 0.15) is 4.90 Å². The maximum absolute atomic E-state index is 12.6. The van der Waals surface area contributed by atoms with Gasteiger partial charge in [0.2, 0.25) is 5.91 Å². The maximum atomic E-state index is 12.6. The summed E-state index contributed by atoms with van der Waals surface area (Å²) in [6.07, 6.45) is 1.40. The predicted octanol–water partition coefficient (Wildman–Crippen LogP) is 3.01. The van der Waals surface area contributed by atoms with Crippen LogP contribution in [0.2, 0.25) is 0 Å². The van der Waals surface area contributed by atoms with Crippen LogP contribution in [0.25, 0.3) is 0 Å². The Labute approximate surface area is 168 Å². The number of rotatable bonds is 5. The fraction of sp³-hybridized carbons (Fsp3) is 0.211. The Morgan fingerprint density at radius 3 is 2.43 bits per heavy atom. The fourth-order valence-corrected chi connectivity index (χ4v) is 4.07. The Morgan fingerprint density at radius 2 is 1.79 bits per heavy atom. The van der Waals surface area contributed by atoms with Gasteiger partial charge in [0.05, 0.1) is 11.5 Å². The van der Waals surface area contributed by atoms with E-state index in [4.69, 9.17) is 4.18 Å². The van der Waals surface area contributed by atoms with Crippen molar-refractivity contribution in [2.45, 2.75) is 30.9 Å². The molecular formula is C19H19N3O4S2. The Kier molecular flexibility index (Phi) is 5.85. The van der Waals surface area contributed by atoms with E-state index in [9.17, 15) is 13.2 Å². The van der Waals surface area contributed by atoms with Crippen LogP contribution in [0.1, 0.15) is 23.6 Å². The number of amides is 1. The Bertz CT molecular complexity index is 1060. The Balaban J connectivity index is 1.85. The molecule has 0 aliphatic carbocycles. The third-order valence-corrected chi connectivity index (χ3v) is 6.13. The van der Waals surface area contributed by atoms with Crippen LogP contribution < -0.4 is 9.50 Å². The van der Waals surface area contributed by atoms with E-state index in [1.807, 2.05) is 13.8 Å². The lowest BCUT2D eigenvalue weighted by atomic mass is 10.1. The van der Waals surface area contributed by atoms with Crippen molar-refractivity contribution in [3.05, 3.63) is 59.2 Å². The molecule has 3 rings (SSSR count). The number of hydrogen-bond acceptors (Lipinski definition) is 7. The summed E-state index contributed by atoms with van der Waals surface area (Å²) in [4.78, 5) is 11.5. The van der Waals surface area contributed by atoms with Crippen molar-refractivity contribution in [3.8, 4) is 5.75 Å². The number of nitrogens with zero attached hydrogens (tertiary/aromatic N) is 2. The molecular weight excluding hydrogens is 398 g/mol. The number of hydrogen-bond donors (Lipinski definition) is 1. The molecule has 1 saturated heterocycles. The number of aryl methyl sites for hydroxylation is 2. The number of carbonyl (C=O) groups is 1. The number of amidine groups is 1. The first-order valence-electron chi connectivity index (χ1n) is 8.45. The minimum atomic E-state index is -3.98. The van der Waals surface area contributed by atoms with E-state index in [1.54, 1.807) is 37.3 Å². The zero-order valence-electron chi connectivity index (χ0n) is 15.5. The van der Waals surface area contributed by atoms with Gasteiger partial charge in [-0.15, -0.1) is 5.10 Å². The summed E-state index contributed by atoms with van der Waals surface area (Å²) < 4.78 is 30.4. The van der Waals surface area contributed by atoms with Crippen molar-refractivity contribution in [3.63, 3.8) is 0 Å². The molecule has 28 heavy (non-hydrogen) atoms. The lowest BCUT2D eigenvalue weighted by Crippen LogP contribution is -2.23. The van der Waals surface area contributed by atoms with Crippen molar-refractivity contribution in [2.24, 2.45) is 10.2 Å². The molecule has 1 N–H and O–H groups in total. The number of benzene rings is 2. The van der Waals surface area contributed by atoms with Crippen molar-refractivity contribution < 1.29 is 17.4 Å². The molecule has 1 aliphatic rings. The topological polar surface area (TPSA) is 97.2 Å². The molecule has 146 valence electrons. The highest BCUT2D eigenvalue weighted by Gasteiger charge is 2.25. The van der Waals surface area contributed by atoms with Gasteiger partial charge < -0.3 is 9.50 Å². The summed E-state index contributed by atoms with van der Waals surface area (Å²) in [5, 5.41) is 10.7. The highest BCUT2D eigenvalue weighted by molar-refractivity contribution is 8.15. The molecule has 0 saturated carbocycles. The molecule has 1 unspecified atom stereocenters. The van der Waals surface area contributed by atoms with Crippen molar-refractivity contribution in [1.82, 2.24) is 5.32 Å². The second kappa shape index (κ2) is 8.15. The smallest absolute Gasteiger partial charge is 0.339 e. The van der Waals surface area contributed by atoms with Crippen LogP contribution in [0, 0.1) is 13.8 Å². The van der Waals surface area contributed by atoms with Crippen LogP contribution in [-0.4, -0.2) is 31.0 Å². The summed E-state index contributed by atoms with van der Waals surface area (Å²) in [6, 6.07) is 11.5. The van der Waals surface area contributed by atoms with E-state index in [1.165, 1.54) is 30.1 Å². The van der Waals surface area contributed by atoms with Crippen molar-refractivity contribution in [2.75, 3.05) is 0 Å². The van der Waals surface area contributed by atoms with Crippen LogP contribution in [-0.2, 0) is 14.9 Å². The van der Waals surface area contributed by atoms with Crippen LogP contribution in [0.5, 0.6) is 5.75 Å². The van der Waals surface area contributed by atoms with Crippen molar-refractivity contribution >= 4 is 39.2 Å². The predicted molar refractivity (Wildman–Crippen MR) is 110 cm³/mol. The highest BCUT2D eigenvalue weighted by Crippen LogP contribution is 2.24. The first kappa shape index (κ1) is 20.1.